The summed E-state index contributed by atoms with van der Waals surface area (Å²) in [5.41, 5.74) is 1.73. The van der Waals surface area contributed by atoms with E-state index in [9.17, 15) is 10.1 Å². The van der Waals surface area contributed by atoms with Crippen LogP contribution in [-0.2, 0) is 0 Å². The molecule has 24 heavy (non-hydrogen) atoms. The first-order chi connectivity index (χ1) is 11.5. The number of hydrogen-bond acceptors (Lipinski definition) is 6. The van der Waals surface area contributed by atoms with Gasteiger partial charge in [0.05, 0.1) is 4.92 Å². The van der Waals surface area contributed by atoms with Crippen molar-refractivity contribution in [2.45, 2.75) is 17.4 Å². The van der Waals surface area contributed by atoms with Gasteiger partial charge < -0.3 is 4.42 Å². The summed E-state index contributed by atoms with van der Waals surface area (Å²) in [7, 11) is 0. The molecule has 2 aromatic carbocycles. The van der Waals surface area contributed by atoms with Gasteiger partial charge in [-0.2, -0.15) is 0 Å². The smallest absolute Gasteiger partial charge is 0.277 e. The van der Waals surface area contributed by atoms with Crippen molar-refractivity contribution in [3.8, 4) is 11.5 Å². The third-order valence-electron chi connectivity index (χ3n) is 3.31. The minimum Gasteiger partial charge on any atom is -0.411 e. The van der Waals surface area contributed by atoms with Crippen LogP contribution in [0.3, 0.4) is 0 Å². The van der Waals surface area contributed by atoms with Crippen LogP contribution in [0.4, 0.5) is 5.69 Å². The van der Waals surface area contributed by atoms with Gasteiger partial charge in [0.15, 0.2) is 0 Å². The highest BCUT2D eigenvalue weighted by molar-refractivity contribution is 9.10. The van der Waals surface area contributed by atoms with Gasteiger partial charge in [-0.15, -0.1) is 10.2 Å². The summed E-state index contributed by atoms with van der Waals surface area (Å²) in [6.45, 7) is 1.94. The van der Waals surface area contributed by atoms with Crippen molar-refractivity contribution < 1.29 is 9.34 Å². The summed E-state index contributed by atoms with van der Waals surface area (Å²) >= 11 is 4.77. The number of non-ortho nitro benzene ring substituents is 1. The Labute approximate surface area is 150 Å². The van der Waals surface area contributed by atoms with E-state index in [1.54, 1.807) is 12.1 Å². The van der Waals surface area contributed by atoms with Crippen LogP contribution in [0.5, 0.6) is 0 Å². The maximum atomic E-state index is 10.9. The fourth-order valence-electron chi connectivity index (χ4n) is 2.11. The first-order valence-electron chi connectivity index (χ1n) is 7.03. The Kier molecular flexibility index (Phi) is 4.96. The molecule has 1 heterocycles. The summed E-state index contributed by atoms with van der Waals surface area (Å²) < 4.78 is 6.61. The van der Waals surface area contributed by atoms with Gasteiger partial charge in [-0.25, -0.2) is 0 Å². The molecule has 0 radical (unpaired) electrons. The molecule has 0 unspecified atom stereocenters. The first kappa shape index (κ1) is 16.7. The fraction of sp³-hybridized carbons (Fsp3) is 0.125. The Morgan fingerprint density at radius 1 is 1.21 bits per heavy atom. The quantitative estimate of drug-likeness (QED) is 0.327. The summed E-state index contributed by atoms with van der Waals surface area (Å²) in [5, 5.41) is 19.3. The van der Waals surface area contributed by atoms with E-state index in [4.69, 9.17) is 4.42 Å². The lowest BCUT2D eigenvalue weighted by Crippen LogP contribution is -1.92. The second-order valence-electron chi connectivity index (χ2n) is 5.00. The van der Waals surface area contributed by atoms with Crippen molar-refractivity contribution in [3.63, 3.8) is 0 Å². The van der Waals surface area contributed by atoms with Crippen LogP contribution < -0.4 is 0 Å². The van der Waals surface area contributed by atoms with Crippen LogP contribution in [-0.4, -0.2) is 15.1 Å². The van der Waals surface area contributed by atoms with Gasteiger partial charge in [0, 0.05) is 27.4 Å². The standard InChI is InChI=1S/C16H12BrN3O3S/c1-10(11-4-3-7-14(9-11)20(21)22)24-16-19-18-15(23-16)12-5-2-6-13(17)8-12/h2-10H,1H3/t10-/m1/s1. The molecule has 0 saturated carbocycles. The largest absolute Gasteiger partial charge is 0.411 e. The maximum absolute atomic E-state index is 10.9. The Hall–Kier alpha value is -2.19. The van der Waals surface area contributed by atoms with E-state index in [-0.39, 0.29) is 10.9 Å². The molecule has 1 atom stereocenters. The Bertz CT molecular complexity index is 884. The lowest BCUT2D eigenvalue weighted by atomic mass is 10.1. The summed E-state index contributed by atoms with van der Waals surface area (Å²) in [5.74, 6) is 0.435. The molecule has 122 valence electrons. The molecule has 6 nitrogen and oxygen atoms in total. The van der Waals surface area contributed by atoms with Gasteiger partial charge in [0.2, 0.25) is 5.89 Å². The number of halogens is 1. The Morgan fingerprint density at radius 2 is 2.00 bits per heavy atom. The normalized spacial score (nSPS) is 12.1. The topological polar surface area (TPSA) is 82.1 Å². The predicted molar refractivity (Wildman–Crippen MR) is 94.8 cm³/mol. The van der Waals surface area contributed by atoms with Gasteiger partial charge in [-0.05, 0) is 30.7 Å². The number of thioether (sulfide) groups is 1. The highest BCUT2D eigenvalue weighted by atomic mass is 79.9. The molecule has 0 saturated heterocycles. The number of nitrogens with zero attached hydrogens (tertiary/aromatic N) is 3. The lowest BCUT2D eigenvalue weighted by Gasteiger charge is -2.08. The second-order valence-corrected chi connectivity index (χ2v) is 7.20. The molecule has 3 aromatic rings. The van der Waals surface area contributed by atoms with Crippen LogP contribution in [0.1, 0.15) is 17.7 Å². The van der Waals surface area contributed by atoms with E-state index in [1.807, 2.05) is 37.3 Å². The summed E-state index contributed by atoms with van der Waals surface area (Å²) in [4.78, 5) is 10.5. The minimum atomic E-state index is -0.404. The maximum Gasteiger partial charge on any atom is 0.277 e. The van der Waals surface area contributed by atoms with Crippen LogP contribution in [0.15, 0.2) is 62.6 Å². The molecule has 0 fully saturated rings. The molecule has 0 aliphatic rings. The van der Waals surface area contributed by atoms with E-state index in [0.717, 1.165) is 15.6 Å². The van der Waals surface area contributed by atoms with Crippen molar-refractivity contribution in [1.82, 2.24) is 10.2 Å². The van der Waals surface area contributed by atoms with Crippen LogP contribution in [0.25, 0.3) is 11.5 Å². The molecule has 0 aliphatic carbocycles. The van der Waals surface area contributed by atoms with Gasteiger partial charge >= 0.3 is 0 Å². The number of benzene rings is 2. The van der Waals surface area contributed by atoms with Crippen LogP contribution in [0, 0.1) is 10.1 Å². The number of hydrogen-bond donors (Lipinski definition) is 0. The number of aromatic nitrogens is 2. The van der Waals surface area contributed by atoms with Gasteiger partial charge in [0.1, 0.15) is 0 Å². The average Bonchev–Trinajstić information content (AvgIpc) is 3.03. The minimum absolute atomic E-state index is 0.0549. The fourth-order valence-corrected chi connectivity index (χ4v) is 3.31. The van der Waals surface area contributed by atoms with Gasteiger partial charge in [-0.1, -0.05) is 45.9 Å². The molecule has 0 amide bonds. The molecule has 0 aliphatic heterocycles. The van der Waals surface area contributed by atoms with E-state index in [0.29, 0.717) is 11.1 Å². The molecule has 0 bridgehead atoms. The summed E-state index contributed by atoms with van der Waals surface area (Å²) in [6.07, 6.45) is 0. The van der Waals surface area contributed by atoms with Crippen molar-refractivity contribution in [3.05, 3.63) is 68.7 Å². The Morgan fingerprint density at radius 3 is 2.75 bits per heavy atom. The third kappa shape index (κ3) is 3.82. The van der Waals surface area contributed by atoms with E-state index in [1.165, 1.54) is 17.8 Å². The van der Waals surface area contributed by atoms with Crippen molar-refractivity contribution in [2.75, 3.05) is 0 Å². The van der Waals surface area contributed by atoms with Crippen LogP contribution >= 0.6 is 27.7 Å². The molecule has 3 rings (SSSR count). The van der Waals surface area contributed by atoms with Gasteiger partial charge in [0.25, 0.3) is 10.9 Å². The van der Waals surface area contributed by atoms with Crippen molar-refractivity contribution in [1.29, 1.82) is 0 Å². The highest BCUT2D eigenvalue weighted by Gasteiger charge is 2.16. The zero-order chi connectivity index (χ0) is 17.1. The van der Waals surface area contributed by atoms with E-state index < -0.39 is 4.92 Å². The monoisotopic (exact) mass is 405 g/mol. The van der Waals surface area contributed by atoms with E-state index >= 15 is 0 Å². The molecule has 0 spiro atoms. The molecule has 8 heteroatoms. The third-order valence-corrected chi connectivity index (χ3v) is 4.79. The lowest BCUT2D eigenvalue weighted by molar-refractivity contribution is -0.384. The van der Waals surface area contributed by atoms with Crippen LogP contribution in [0.2, 0.25) is 0 Å². The molecular formula is C16H12BrN3O3S. The highest BCUT2D eigenvalue weighted by Crippen LogP contribution is 2.36. The first-order valence-corrected chi connectivity index (χ1v) is 8.70. The van der Waals surface area contributed by atoms with Crippen molar-refractivity contribution >= 4 is 33.4 Å². The molecule has 1 aromatic heterocycles. The average molecular weight is 406 g/mol. The number of nitro groups is 1. The Balaban J connectivity index is 1.77. The zero-order valence-corrected chi connectivity index (χ0v) is 15.0. The zero-order valence-electron chi connectivity index (χ0n) is 12.5. The molecule has 0 N–H and O–H groups in total. The number of nitro benzene ring substituents is 1. The summed E-state index contributed by atoms with van der Waals surface area (Å²) in [6, 6.07) is 14.1. The van der Waals surface area contributed by atoms with Gasteiger partial charge in [-0.3, -0.25) is 10.1 Å². The van der Waals surface area contributed by atoms with E-state index in [2.05, 4.69) is 26.1 Å². The second kappa shape index (κ2) is 7.14. The van der Waals surface area contributed by atoms with Crippen molar-refractivity contribution in [2.24, 2.45) is 0 Å². The SMILES string of the molecule is C[C@@H](Sc1nnc(-c2cccc(Br)c2)o1)c1cccc([N+](=O)[O-])c1. The predicted octanol–water partition coefficient (Wildman–Crippen LogP) is 5.26. The number of rotatable bonds is 5. The molecular weight excluding hydrogens is 394 g/mol.